The molecule has 0 aromatic heterocycles. The minimum Gasteiger partial charge on any atom is -0.213 e. The van der Waals surface area contributed by atoms with E-state index in [0.717, 1.165) is 6.26 Å². The first-order valence-electron chi connectivity index (χ1n) is 3.77. The highest BCUT2D eigenvalue weighted by Crippen LogP contribution is 2.18. The third-order valence-corrected chi connectivity index (χ3v) is 2.60. The fraction of sp³-hybridized carbons (Fsp3) is 0.250. The SMILES string of the molecule is CS(=O)(=O)NCc1c(F)cccc1Cl. The summed E-state index contributed by atoms with van der Waals surface area (Å²) in [7, 11) is -3.33. The smallest absolute Gasteiger partial charge is 0.209 e. The van der Waals surface area contributed by atoms with E-state index in [2.05, 4.69) is 4.72 Å². The fourth-order valence-corrected chi connectivity index (χ4v) is 1.54. The van der Waals surface area contributed by atoms with E-state index in [1.54, 1.807) is 0 Å². The predicted octanol–water partition coefficient (Wildman–Crippen LogP) is 1.53. The Morgan fingerprint density at radius 3 is 2.64 bits per heavy atom. The topological polar surface area (TPSA) is 46.2 Å². The molecule has 0 spiro atoms. The summed E-state index contributed by atoms with van der Waals surface area (Å²) in [5.41, 5.74) is 0.152. The summed E-state index contributed by atoms with van der Waals surface area (Å²) >= 11 is 5.68. The molecule has 0 atom stereocenters. The zero-order chi connectivity index (χ0) is 10.8. The molecule has 0 saturated heterocycles. The summed E-state index contributed by atoms with van der Waals surface area (Å²) in [6.07, 6.45) is 1.00. The summed E-state index contributed by atoms with van der Waals surface area (Å²) in [5.74, 6) is -0.520. The molecule has 0 saturated carbocycles. The van der Waals surface area contributed by atoms with Crippen molar-refractivity contribution in [2.45, 2.75) is 6.54 Å². The van der Waals surface area contributed by atoms with Gasteiger partial charge in [-0.25, -0.2) is 17.5 Å². The van der Waals surface area contributed by atoms with Crippen molar-refractivity contribution >= 4 is 21.6 Å². The summed E-state index contributed by atoms with van der Waals surface area (Å²) in [6, 6.07) is 4.19. The second kappa shape index (κ2) is 4.25. The van der Waals surface area contributed by atoms with Gasteiger partial charge in [-0.1, -0.05) is 17.7 Å². The number of benzene rings is 1. The molecule has 6 heteroatoms. The third kappa shape index (κ3) is 3.25. The molecule has 1 rings (SSSR count). The molecular weight excluding hydrogens is 229 g/mol. The Balaban J connectivity index is 2.87. The Morgan fingerprint density at radius 1 is 1.50 bits per heavy atom. The van der Waals surface area contributed by atoms with Crippen LogP contribution in [0.5, 0.6) is 0 Å². The van der Waals surface area contributed by atoms with Crippen LogP contribution >= 0.6 is 11.6 Å². The largest absolute Gasteiger partial charge is 0.213 e. The van der Waals surface area contributed by atoms with E-state index in [0.29, 0.717) is 0 Å². The Kier molecular flexibility index (Phi) is 3.47. The maximum atomic E-state index is 13.1. The van der Waals surface area contributed by atoms with Crippen LogP contribution < -0.4 is 4.72 Å². The van der Waals surface area contributed by atoms with Gasteiger partial charge >= 0.3 is 0 Å². The van der Waals surface area contributed by atoms with Gasteiger partial charge in [-0.15, -0.1) is 0 Å². The molecule has 0 unspecified atom stereocenters. The molecule has 0 fully saturated rings. The van der Waals surface area contributed by atoms with Crippen molar-refractivity contribution in [2.24, 2.45) is 0 Å². The normalized spacial score (nSPS) is 11.6. The number of rotatable bonds is 3. The van der Waals surface area contributed by atoms with Crippen LogP contribution in [0.1, 0.15) is 5.56 Å². The van der Waals surface area contributed by atoms with Crippen LogP contribution in [0.2, 0.25) is 5.02 Å². The summed E-state index contributed by atoms with van der Waals surface area (Å²) in [4.78, 5) is 0. The molecule has 0 aliphatic heterocycles. The van der Waals surface area contributed by atoms with Gasteiger partial charge in [-0.05, 0) is 12.1 Å². The average Bonchev–Trinajstić information content (AvgIpc) is 2.01. The summed E-state index contributed by atoms with van der Waals surface area (Å²) in [5, 5.41) is 0.209. The highest BCUT2D eigenvalue weighted by atomic mass is 35.5. The lowest BCUT2D eigenvalue weighted by Crippen LogP contribution is -2.22. The van der Waals surface area contributed by atoms with Crippen LogP contribution in [0.4, 0.5) is 4.39 Å². The lowest BCUT2D eigenvalue weighted by Gasteiger charge is -2.05. The van der Waals surface area contributed by atoms with Gasteiger partial charge in [0, 0.05) is 17.1 Å². The molecule has 0 aliphatic carbocycles. The lowest BCUT2D eigenvalue weighted by molar-refractivity contribution is 0.579. The fourth-order valence-electron chi connectivity index (χ4n) is 0.904. The Hall–Kier alpha value is -0.650. The van der Waals surface area contributed by atoms with Crippen LogP contribution in [0.25, 0.3) is 0 Å². The van der Waals surface area contributed by atoms with Crippen LogP contribution in [0.15, 0.2) is 18.2 Å². The van der Waals surface area contributed by atoms with Gasteiger partial charge in [0.2, 0.25) is 10.0 Å². The zero-order valence-electron chi connectivity index (χ0n) is 7.42. The number of sulfonamides is 1. The van der Waals surface area contributed by atoms with Crippen molar-refractivity contribution in [1.82, 2.24) is 4.72 Å². The van der Waals surface area contributed by atoms with E-state index in [9.17, 15) is 12.8 Å². The monoisotopic (exact) mass is 237 g/mol. The standard InChI is InChI=1S/C8H9ClFNO2S/c1-14(12,13)11-5-6-7(9)3-2-4-8(6)10/h2-4,11H,5H2,1H3. The Morgan fingerprint density at radius 2 is 2.14 bits per heavy atom. The van der Waals surface area contributed by atoms with E-state index in [1.807, 2.05) is 0 Å². The molecule has 0 radical (unpaired) electrons. The van der Waals surface area contributed by atoms with Crippen molar-refractivity contribution in [3.8, 4) is 0 Å². The second-order valence-electron chi connectivity index (χ2n) is 2.79. The first-order valence-corrected chi connectivity index (χ1v) is 6.04. The Bertz CT molecular complexity index is 413. The zero-order valence-corrected chi connectivity index (χ0v) is 8.99. The van der Waals surface area contributed by atoms with Gasteiger partial charge in [0.25, 0.3) is 0 Å². The molecule has 0 amide bonds. The van der Waals surface area contributed by atoms with E-state index >= 15 is 0 Å². The van der Waals surface area contributed by atoms with Crippen LogP contribution in [0.3, 0.4) is 0 Å². The number of halogens is 2. The molecule has 0 aliphatic rings. The predicted molar refractivity (Wildman–Crippen MR) is 53.1 cm³/mol. The van der Waals surface area contributed by atoms with Crippen molar-refractivity contribution in [2.75, 3.05) is 6.26 Å². The minimum absolute atomic E-state index is 0.135. The average molecular weight is 238 g/mol. The van der Waals surface area contributed by atoms with Crippen LogP contribution in [0, 0.1) is 5.82 Å². The molecule has 0 bridgehead atoms. The van der Waals surface area contributed by atoms with Crippen molar-refractivity contribution in [3.63, 3.8) is 0 Å². The van der Waals surface area contributed by atoms with E-state index < -0.39 is 15.8 Å². The van der Waals surface area contributed by atoms with Crippen LogP contribution in [-0.2, 0) is 16.6 Å². The number of hydrogen-bond acceptors (Lipinski definition) is 2. The molecule has 1 N–H and O–H groups in total. The highest BCUT2D eigenvalue weighted by molar-refractivity contribution is 7.88. The van der Waals surface area contributed by atoms with Gasteiger partial charge < -0.3 is 0 Å². The van der Waals surface area contributed by atoms with Gasteiger partial charge in [0.15, 0.2) is 0 Å². The van der Waals surface area contributed by atoms with E-state index in [1.165, 1.54) is 18.2 Å². The quantitative estimate of drug-likeness (QED) is 0.867. The van der Waals surface area contributed by atoms with E-state index in [4.69, 9.17) is 11.6 Å². The Labute approximate surface area is 86.9 Å². The summed E-state index contributed by atoms with van der Waals surface area (Å²) < 4.78 is 36.8. The molecule has 3 nitrogen and oxygen atoms in total. The number of nitrogens with one attached hydrogen (secondary N) is 1. The highest BCUT2D eigenvalue weighted by Gasteiger charge is 2.08. The first-order chi connectivity index (χ1) is 6.40. The maximum Gasteiger partial charge on any atom is 0.209 e. The van der Waals surface area contributed by atoms with Gasteiger partial charge in [-0.3, -0.25) is 0 Å². The molecule has 1 aromatic carbocycles. The lowest BCUT2D eigenvalue weighted by atomic mass is 10.2. The van der Waals surface area contributed by atoms with Crippen molar-refractivity contribution in [1.29, 1.82) is 0 Å². The van der Waals surface area contributed by atoms with E-state index in [-0.39, 0.29) is 17.1 Å². The number of hydrogen-bond donors (Lipinski definition) is 1. The molecule has 78 valence electrons. The van der Waals surface area contributed by atoms with Gasteiger partial charge in [0.05, 0.1) is 6.26 Å². The summed E-state index contributed by atoms with van der Waals surface area (Å²) in [6.45, 7) is -0.135. The molecule has 0 heterocycles. The third-order valence-electron chi connectivity index (χ3n) is 1.57. The van der Waals surface area contributed by atoms with Crippen LogP contribution in [-0.4, -0.2) is 14.7 Å². The second-order valence-corrected chi connectivity index (χ2v) is 5.03. The molecule has 14 heavy (non-hydrogen) atoms. The van der Waals surface area contributed by atoms with Crippen molar-refractivity contribution < 1.29 is 12.8 Å². The molecular formula is C8H9ClFNO2S. The maximum absolute atomic E-state index is 13.1. The minimum atomic E-state index is -3.33. The molecule has 1 aromatic rings. The first kappa shape index (κ1) is 11.4. The van der Waals surface area contributed by atoms with Gasteiger partial charge in [0.1, 0.15) is 5.82 Å². The van der Waals surface area contributed by atoms with Gasteiger partial charge in [-0.2, -0.15) is 0 Å². The van der Waals surface area contributed by atoms with Crippen molar-refractivity contribution in [3.05, 3.63) is 34.6 Å².